The van der Waals surface area contributed by atoms with Gasteiger partial charge in [0.25, 0.3) is 0 Å². The summed E-state index contributed by atoms with van der Waals surface area (Å²) in [6.45, 7) is 3.65. The van der Waals surface area contributed by atoms with E-state index in [0.717, 1.165) is 32.4 Å². The Kier molecular flexibility index (Phi) is 4.42. The first kappa shape index (κ1) is 14.3. The molecule has 1 heterocycles. The van der Waals surface area contributed by atoms with Gasteiger partial charge in [-0.25, -0.2) is 4.39 Å². The van der Waals surface area contributed by atoms with Crippen molar-refractivity contribution < 1.29 is 9.18 Å². The third-order valence-corrected chi connectivity index (χ3v) is 4.13. The molecule has 0 bridgehead atoms. The smallest absolute Gasteiger partial charge is 0.230 e. The van der Waals surface area contributed by atoms with Crippen LogP contribution in [0.1, 0.15) is 26.2 Å². The highest BCUT2D eigenvalue weighted by Gasteiger charge is 2.37. The number of piperidine rings is 1. The van der Waals surface area contributed by atoms with E-state index in [1.165, 1.54) is 12.1 Å². The third kappa shape index (κ3) is 3.07. The fourth-order valence-corrected chi connectivity index (χ4v) is 2.65. The van der Waals surface area contributed by atoms with Crippen LogP contribution in [0.3, 0.4) is 0 Å². The average Bonchev–Trinajstić information content (AvgIpc) is 2.42. The Morgan fingerprint density at radius 2 is 2.16 bits per heavy atom. The second kappa shape index (κ2) is 5.88. The van der Waals surface area contributed by atoms with Crippen LogP contribution in [-0.2, 0) is 4.79 Å². The number of benzene rings is 1. The molecule has 104 valence electrons. The van der Waals surface area contributed by atoms with Crippen LogP contribution in [0.2, 0.25) is 5.02 Å². The molecule has 1 aromatic carbocycles. The maximum absolute atomic E-state index is 13.7. The van der Waals surface area contributed by atoms with Gasteiger partial charge in [-0.05, 0) is 50.6 Å². The molecule has 0 unspecified atom stereocenters. The van der Waals surface area contributed by atoms with Crippen LogP contribution >= 0.6 is 11.6 Å². The molecule has 3 nitrogen and oxygen atoms in total. The summed E-state index contributed by atoms with van der Waals surface area (Å²) in [6, 6.07) is 4.28. The Labute approximate surface area is 117 Å². The summed E-state index contributed by atoms with van der Waals surface area (Å²) < 4.78 is 13.7. The highest BCUT2D eigenvalue weighted by Crippen LogP contribution is 2.34. The lowest BCUT2D eigenvalue weighted by Gasteiger charge is -2.35. The number of carbonyl (C=O) groups is 1. The van der Waals surface area contributed by atoms with E-state index in [0.29, 0.717) is 5.02 Å². The van der Waals surface area contributed by atoms with Gasteiger partial charge in [0.05, 0.1) is 11.1 Å². The van der Waals surface area contributed by atoms with Crippen molar-refractivity contribution in [1.29, 1.82) is 0 Å². The first-order valence-electron chi connectivity index (χ1n) is 6.54. The quantitative estimate of drug-likeness (QED) is 0.895. The highest BCUT2D eigenvalue weighted by atomic mass is 35.5. The topological polar surface area (TPSA) is 41.1 Å². The van der Waals surface area contributed by atoms with Crippen LogP contribution in [0.15, 0.2) is 18.2 Å². The van der Waals surface area contributed by atoms with E-state index >= 15 is 0 Å². The Bertz CT molecular complexity index is 473. The van der Waals surface area contributed by atoms with Gasteiger partial charge in [0.2, 0.25) is 5.91 Å². The van der Waals surface area contributed by atoms with Crippen LogP contribution in [0.5, 0.6) is 0 Å². The Morgan fingerprint density at radius 1 is 1.47 bits per heavy atom. The van der Waals surface area contributed by atoms with Gasteiger partial charge in [0.1, 0.15) is 5.82 Å². The predicted molar refractivity (Wildman–Crippen MR) is 74.9 cm³/mol. The van der Waals surface area contributed by atoms with Crippen LogP contribution < -0.4 is 10.6 Å². The summed E-state index contributed by atoms with van der Waals surface area (Å²) in [6.07, 6.45) is 2.32. The number of nitrogens with one attached hydrogen (secondary N) is 2. The van der Waals surface area contributed by atoms with Crippen LogP contribution in [0.4, 0.5) is 10.1 Å². The molecule has 0 spiro atoms. The molecule has 1 amide bonds. The van der Waals surface area contributed by atoms with E-state index in [-0.39, 0.29) is 11.6 Å². The lowest BCUT2D eigenvalue weighted by atomic mass is 9.76. The van der Waals surface area contributed by atoms with Gasteiger partial charge in [0, 0.05) is 5.02 Å². The molecule has 5 heteroatoms. The van der Waals surface area contributed by atoms with Crippen molar-refractivity contribution in [3.63, 3.8) is 0 Å². The van der Waals surface area contributed by atoms with Crippen molar-refractivity contribution in [3.8, 4) is 0 Å². The minimum atomic E-state index is -0.499. The van der Waals surface area contributed by atoms with Gasteiger partial charge < -0.3 is 10.6 Å². The fourth-order valence-electron chi connectivity index (χ4n) is 2.49. The number of carbonyl (C=O) groups excluding carboxylic acids is 1. The van der Waals surface area contributed by atoms with E-state index in [1.807, 2.05) is 6.92 Å². The zero-order chi connectivity index (χ0) is 13.9. The standard InChI is InChI=1S/C14H18ClFN2O/c1-2-14(5-7-17-8-6-14)13(19)18-12-4-3-10(15)9-11(12)16/h3-4,9,17H,2,5-8H2,1H3,(H,18,19). The van der Waals surface area contributed by atoms with Crippen LogP contribution in [0, 0.1) is 11.2 Å². The molecule has 1 aromatic rings. The molecule has 19 heavy (non-hydrogen) atoms. The van der Waals surface area contributed by atoms with Crippen molar-refractivity contribution in [2.24, 2.45) is 5.41 Å². The SMILES string of the molecule is CCC1(C(=O)Nc2ccc(Cl)cc2F)CCNCC1. The van der Waals surface area contributed by atoms with Crippen LogP contribution in [-0.4, -0.2) is 19.0 Å². The summed E-state index contributed by atoms with van der Waals surface area (Å²) in [5, 5.41) is 6.26. The second-order valence-electron chi connectivity index (χ2n) is 4.96. The van der Waals surface area contributed by atoms with Crippen molar-refractivity contribution >= 4 is 23.2 Å². The van der Waals surface area contributed by atoms with Crippen molar-refractivity contribution in [2.45, 2.75) is 26.2 Å². The summed E-state index contributed by atoms with van der Waals surface area (Å²) in [5.74, 6) is -0.598. The fraction of sp³-hybridized carbons (Fsp3) is 0.500. The largest absolute Gasteiger partial charge is 0.323 e. The summed E-state index contributed by atoms with van der Waals surface area (Å²) in [7, 11) is 0. The number of hydrogen-bond acceptors (Lipinski definition) is 2. The van der Waals surface area contributed by atoms with E-state index in [4.69, 9.17) is 11.6 Å². The Balaban J connectivity index is 2.15. The molecule has 1 aliphatic heterocycles. The molecule has 0 atom stereocenters. The summed E-state index contributed by atoms with van der Waals surface area (Å²) >= 11 is 5.70. The van der Waals surface area contributed by atoms with Crippen LogP contribution in [0.25, 0.3) is 0 Å². The number of rotatable bonds is 3. The first-order chi connectivity index (χ1) is 9.07. The molecular formula is C14H18ClFN2O. The average molecular weight is 285 g/mol. The van der Waals surface area contributed by atoms with E-state index in [9.17, 15) is 9.18 Å². The Morgan fingerprint density at radius 3 is 2.74 bits per heavy atom. The monoisotopic (exact) mass is 284 g/mol. The van der Waals surface area contributed by atoms with E-state index in [2.05, 4.69) is 10.6 Å². The molecule has 1 saturated heterocycles. The van der Waals surface area contributed by atoms with Crippen molar-refractivity contribution in [1.82, 2.24) is 5.32 Å². The Hall–Kier alpha value is -1.13. The predicted octanol–water partition coefficient (Wildman–Crippen LogP) is 3.20. The lowest BCUT2D eigenvalue weighted by molar-refractivity contribution is -0.127. The zero-order valence-corrected chi connectivity index (χ0v) is 11.7. The molecule has 0 aliphatic carbocycles. The first-order valence-corrected chi connectivity index (χ1v) is 6.92. The maximum atomic E-state index is 13.7. The normalized spacial score (nSPS) is 18.1. The molecule has 0 saturated carbocycles. The van der Waals surface area contributed by atoms with Gasteiger partial charge in [-0.1, -0.05) is 18.5 Å². The number of hydrogen-bond donors (Lipinski definition) is 2. The van der Waals surface area contributed by atoms with E-state index in [1.54, 1.807) is 6.07 Å². The van der Waals surface area contributed by atoms with Gasteiger partial charge in [-0.3, -0.25) is 4.79 Å². The van der Waals surface area contributed by atoms with Gasteiger partial charge in [0.15, 0.2) is 0 Å². The van der Waals surface area contributed by atoms with Gasteiger partial charge in [-0.2, -0.15) is 0 Å². The summed E-state index contributed by atoms with van der Waals surface area (Å²) in [4.78, 5) is 12.4. The van der Waals surface area contributed by atoms with Gasteiger partial charge in [-0.15, -0.1) is 0 Å². The molecule has 2 rings (SSSR count). The minimum Gasteiger partial charge on any atom is -0.323 e. The molecule has 0 radical (unpaired) electrons. The molecule has 0 aromatic heterocycles. The van der Waals surface area contributed by atoms with Crippen molar-refractivity contribution in [3.05, 3.63) is 29.0 Å². The molecule has 1 aliphatic rings. The zero-order valence-electron chi connectivity index (χ0n) is 10.9. The molecule has 2 N–H and O–H groups in total. The molecular weight excluding hydrogens is 267 g/mol. The number of anilines is 1. The molecule has 1 fully saturated rings. The third-order valence-electron chi connectivity index (χ3n) is 3.90. The second-order valence-corrected chi connectivity index (χ2v) is 5.40. The van der Waals surface area contributed by atoms with Gasteiger partial charge >= 0.3 is 0 Å². The minimum absolute atomic E-state index is 0.0993. The van der Waals surface area contributed by atoms with Crippen molar-refractivity contribution in [2.75, 3.05) is 18.4 Å². The maximum Gasteiger partial charge on any atom is 0.230 e. The van der Waals surface area contributed by atoms with E-state index < -0.39 is 11.2 Å². The highest BCUT2D eigenvalue weighted by molar-refractivity contribution is 6.30. The summed E-state index contributed by atoms with van der Waals surface area (Å²) in [5.41, 5.74) is -0.196. The number of halogens is 2. The lowest BCUT2D eigenvalue weighted by Crippen LogP contribution is -2.44. The number of amides is 1.